The Hall–Kier alpha value is -2.48. The average Bonchev–Trinajstić information content (AvgIpc) is 2.83. The van der Waals surface area contributed by atoms with E-state index in [1.54, 1.807) is 20.3 Å². The van der Waals surface area contributed by atoms with Gasteiger partial charge in [-0.3, -0.25) is 4.79 Å². The Morgan fingerprint density at radius 3 is 2.44 bits per heavy atom. The van der Waals surface area contributed by atoms with E-state index in [4.69, 9.17) is 25.8 Å². The molecular formula is C26H24Br2ClNO4. The molecule has 0 aliphatic carbocycles. The highest BCUT2D eigenvalue weighted by atomic mass is 79.9. The first-order chi connectivity index (χ1) is 16.4. The fourth-order valence-electron chi connectivity index (χ4n) is 3.18. The number of ether oxygens (including phenoxy) is 3. The maximum absolute atomic E-state index is 12.4. The third-order valence-electron chi connectivity index (χ3n) is 4.97. The second kappa shape index (κ2) is 12.8. The first-order valence-corrected chi connectivity index (χ1v) is 12.4. The van der Waals surface area contributed by atoms with Gasteiger partial charge in [-0.1, -0.05) is 61.7 Å². The molecule has 0 heterocycles. The summed E-state index contributed by atoms with van der Waals surface area (Å²) in [5, 5.41) is 3.56. The molecule has 8 heteroatoms. The topological polar surface area (TPSA) is 56.8 Å². The largest absolute Gasteiger partial charge is 0.493 e. The normalized spacial score (nSPS) is 10.9. The van der Waals surface area contributed by atoms with Crippen molar-refractivity contribution in [3.05, 3.63) is 91.3 Å². The number of hydrogen-bond acceptors (Lipinski definition) is 4. The fourth-order valence-corrected chi connectivity index (χ4v) is 4.27. The average molecular weight is 610 g/mol. The number of carbonyl (C=O) groups is 1. The molecule has 1 N–H and O–H groups in total. The molecule has 3 rings (SSSR count). The molecule has 0 fully saturated rings. The zero-order chi connectivity index (χ0) is 24.5. The van der Waals surface area contributed by atoms with Crippen LogP contribution in [0.4, 0.5) is 0 Å². The number of halogens is 3. The van der Waals surface area contributed by atoms with Gasteiger partial charge in [0.05, 0.1) is 14.2 Å². The number of hydrogen-bond donors (Lipinski definition) is 1. The van der Waals surface area contributed by atoms with Crippen molar-refractivity contribution < 1.29 is 19.0 Å². The molecule has 0 atom stereocenters. The highest BCUT2D eigenvalue weighted by Gasteiger charge is 2.10. The summed E-state index contributed by atoms with van der Waals surface area (Å²) in [6, 6.07) is 16.9. The second-order valence-electron chi connectivity index (χ2n) is 7.24. The van der Waals surface area contributed by atoms with Crippen LogP contribution in [0.5, 0.6) is 17.2 Å². The lowest BCUT2D eigenvalue weighted by molar-refractivity contribution is -0.116. The van der Waals surface area contributed by atoms with Gasteiger partial charge < -0.3 is 19.5 Å². The Bertz CT molecular complexity index is 1180. The van der Waals surface area contributed by atoms with Crippen LogP contribution in [-0.2, 0) is 17.8 Å². The lowest BCUT2D eigenvalue weighted by Gasteiger charge is -2.12. The summed E-state index contributed by atoms with van der Waals surface area (Å²) in [5.41, 5.74) is 2.67. The van der Waals surface area contributed by atoms with E-state index in [1.165, 1.54) is 6.08 Å². The molecule has 34 heavy (non-hydrogen) atoms. The first kappa shape index (κ1) is 26.1. The minimum atomic E-state index is -0.200. The number of amides is 1. The molecule has 0 spiro atoms. The van der Waals surface area contributed by atoms with E-state index in [1.807, 2.05) is 54.6 Å². The van der Waals surface area contributed by atoms with Gasteiger partial charge in [0.2, 0.25) is 5.91 Å². The quantitative estimate of drug-likeness (QED) is 0.256. The highest BCUT2D eigenvalue weighted by Crippen LogP contribution is 2.33. The van der Waals surface area contributed by atoms with Gasteiger partial charge in [-0.25, -0.2) is 0 Å². The Morgan fingerprint density at radius 2 is 1.71 bits per heavy atom. The molecule has 0 aromatic heterocycles. The van der Waals surface area contributed by atoms with Crippen molar-refractivity contribution in [1.82, 2.24) is 5.32 Å². The molecule has 3 aromatic carbocycles. The molecule has 1 amide bonds. The predicted octanol–water partition coefficient (Wildman–Crippen LogP) is 6.83. The summed E-state index contributed by atoms with van der Waals surface area (Å²) in [5.74, 6) is 1.74. The Labute approximate surface area is 221 Å². The second-order valence-corrected chi connectivity index (χ2v) is 9.41. The van der Waals surface area contributed by atoms with Crippen LogP contribution in [0.25, 0.3) is 6.08 Å². The number of rotatable bonds is 10. The van der Waals surface area contributed by atoms with Crippen LogP contribution in [0.1, 0.15) is 16.7 Å². The molecule has 0 aliphatic rings. The molecule has 0 unspecified atom stereocenters. The molecule has 5 nitrogen and oxygen atoms in total. The van der Waals surface area contributed by atoms with Crippen molar-refractivity contribution in [2.45, 2.75) is 13.0 Å². The summed E-state index contributed by atoms with van der Waals surface area (Å²) in [7, 11) is 3.19. The van der Waals surface area contributed by atoms with Crippen molar-refractivity contribution in [3.8, 4) is 17.2 Å². The van der Waals surface area contributed by atoms with Crippen LogP contribution in [0.3, 0.4) is 0 Å². The summed E-state index contributed by atoms with van der Waals surface area (Å²) >= 11 is 13.2. The molecular weight excluding hydrogens is 586 g/mol. The highest BCUT2D eigenvalue weighted by molar-refractivity contribution is 9.10. The van der Waals surface area contributed by atoms with E-state index in [9.17, 15) is 4.79 Å². The van der Waals surface area contributed by atoms with E-state index in [2.05, 4.69) is 37.2 Å². The van der Waals surface area contributed by atoms with E-state index < -0.39 is 0 Å². The van der Waals surface area contributed by atoms with Gasteiger partial charge in [-0.05, 0) is 54.5 Å². The maximum atomic E-state index is 12.4. The Morgan fingerprint density at radius 1 is 0.971 bits per heavy atom. The van der Waals surface area contributed by atoms with E-state index >= 15 is 0 Å². The maximum Gasteiger partial charge on any atom is 0.244 e. The van der Waals surface area contributed by atoms with Crippen molar-refractivity contribution in [3.63, 3.8) is 0 Å². The number of carbonyl (C=O) groups excluding carboxylic acids is 1. The summed E-state index contributed by atoms with van der Waals surface area (Å²) in [6.45, 7) is 0.792. The van der Waals surface area contributed by atoms with E-state index in [0.29, 0.717) is 41.8 Å². The van der Waals surface area contributed by atoms with Crippen molar-refractivity contribution >= 4 is 55.4 Å². The zero-order valence-electron chi connectivity index (χ0n) is 18.7. The van der Waals surface area contributed by atoms with Gasteiger partial charge in [-0.15, -0.1) is 0 Å². The lowest BCUT2D eigenvalue weighted by Crippen LogP contribution is -2.23. The number of nitrogens with one attached hydrogen (secondary N) is 1. The van der Waals surface area contributed by atoms with Gasteiger partial charge >= 0.3 is 0 Å². The van der Waals surface area contributed by atoms with Gasteiger partial charge in [-0.2, -0.15) is 0 Å². The summed E-state index contributed by atoms with van der Waals surface area (Å²) in [4.78, 5) is 12.4. The van der Waals surface area contributed by atoms with Crippen LogP contribution in [0.15, 0.2) is 69.6 Å². The molecule has 0 bridgehead atoms. The summed E-state index contributed by atoms with van der Waals surface area (Å²) in [6.07, 6.45) is 3.85. The van der Waals surface area contributed by atoms with Crippen LogP contribution in [0.2, 0.25) is 5.02 Å². The van der Waals surface area contributed by atoms with Crippen LogP contribution in [0, 0.1) is 0 Å². The summed E-state index contributed by atoms with van der Waals surface area (Å²) < 4.78 is 18.4. The van der Waals surface area contributed by atoms with Crippen LogP contribution < -0.4 is 19.5 Å². The molecule has 0 radical (unpaired) electrons. The molecule has 3 aromatic rings. The van der Waals surface area contributed by atoms with E-state index in [0.717, 1.165) is 25.6 Å². The van der Waals surface area contributed by atoms with Gasteiger partial charge in [0.1, 0.15) is 12.4 Å². The van der Waals surface area contributed by atoms with E-state index in [-0.39, 0.29) is 5.91 Å². The Balaban J connectivity index is 1.60. The van der Waals surface area contributed by atoms with Gasteiger partial charge in [0.15, 0.2) is 11.5 Å². The van der Waals surface area contributed by atoms with Crippen molar-refractivity contribution in [2.24, 2.45) is 0 Å². The van der Waals surface area contributed by atoms with Gasteiger partial charge in [0.25, 0.3) is 0 Å². The minimum absolute atomic E-state index is 0.200. The molecule has 0 aliphatic heterocycles. The number of methoxy groups -OCH3 is 2. The lowest BCUT2D eigenvalue weighted by atomic mass is 10.1. The van der Waals surface area contributed by atoms with Gasteiger partial charge in [0, 0.05) is 37.7 Å². The standard InChI is InChI=1S/C26H24Br2ClNO4/c1-32-24-14-17(21(28)15-25(24)33-2)11-12-30-26(31)10-7-18-13-20(27)8-9-23(18)34-16-19-5-3-4-6-22(19)29/h3-10,13-15H,11-12,16H2,1-2H3,(H,30,31)/b10-7+. The van der Waals surface area contributed by atoms with Crippen LogP contribution in [-0.4, -0.2) is 26.7 Å². The first-order valence-electron chi connectivity index (χ1n) is 10.4. The number of benzene rings is 3. The predicted molar refractivity (Wildman–Crippen MR) is 143 cm³/mol. The SMILES string of the molecule is COc1cc(Br)c(CCNC(=O)/C=C/c2cc(Br)ccc2OCc2ccccc2Cl)cc1OC. The minimum Gasteiger partial charge on any atom is -0.493 e. The Kier molecular flexibility index (Phi) is 9.86. The fraction of sp³-hybridized carbons (Fsp3) is 0.192. The van der Waals surface area contributed by atoms with Crippen LogP contribution >= 0.6 is 43.5 Å². The van der Waals surface area contributed by atoms with Crippen molar-refractivity contribution in [2.75, 3.05) is 20.8 Å². The third kappa shape index (κ3) is 7.26. The molecule has 0 saturated carbocycles. The zero-order valence-corrected chi connectivity index (χ0v) is 22.7. The smallest absolute Gasteiger partial charge is 0.244 e. The molecule has 0 saturated heterocycles. The molecule has 178 valence electrons. The monoisotopic (exact) mass is 607 g/mol. The third-order valence-corrected chi connectivity index (χ3v) is 6.57. The van der Waals surface area contributed by atoms with Crippen molar-refractivity contribution in [1.29, 1.82) is 0 Å².